The monoisotopic (exact) mass is 611 g/mol. The second-order valence-electron chi connectivity index (χ2n) is 10.1. The van der Waals surface area contributed by atoms with Crippen LogP contribution in [0.1, 0.15) is 64.7 Å². The summed E-state index contributed by atoms with van der Waals surface area (Å²) in [5.74, 6) is 1.24. The number of carbonyl (C=O) groups is 1. The Morgan fingerprint density at radius 2 is 1.88 bits per heavy atom. The number of imidazole rings is 1. The molecule has 0 fully saturated rings. The van der Waals surface area contributed by atoms with Crippen LogP contribution < -0.4 is 10.0 Å². The van der Waals surface area contributed by atoms with Gasteiger partial charge >= 0.3 is 0 Å². The third-order valence-corrected chi connectivity index (χ3v) is 8.61. The van der Waals surface area contributed by atoms with Crippen molar-refractivity contribution in [1.82, 2.24) is 20.0 Å². The van der Waals surface area contributed by atoms with Crippen LogP contribution in [0.15, 0.2) is 51.9 Å². The third kappa shape index (κ3) is 6.97. The van der Waals surface area contributed by atoms with Crippen molar-refractivity contribution >= 4 is 21.7 Å². The van der Waals surface area contributed by atoms with Gasteiger partial charge in [0.15, 0.2) is 5.82 Å². The molecular weight excluding hydrogens is 573 g/mol. The van der Waals surface area contributed by atoms with Gasteiger partial charge in [-0.05, 0) is 49.4 Å². The number of amides is 1. The van der Waals surface area contributed by atoms with Gasteiger partial charge in [-0.2, -0.15) is 0 Å². The van der Waals surface area contributed by atoms with Crippen LogP contribution in [0.5, 0.6) is 0 Å². The normalized spacial score (nSPS) is 11.6. The number of rotatable bonds is 14. The topological polar surface area (TPSA) is 128 Å². The Morgan fingerprint density at radius 1 is 1.12 bits per heavy atom. The van der Waals surface area contributed by atoms with Crippen molar-refractivity contribution in [2.45, 2.75) is 65.0 Å². The number of benzene rings is 2. The van der Waals surface area contributed by atoms with Crippen molar-refractivity contribution in [1.29, 1.82) is 0 Å². The average Bonchev–Trinajstić information content (AvgIpc) is 3.51. The van der Waals surface area contributed by atoms with Crippen LogP contribution in [-0.4, -0.2) is 49.4 Å². The molecule has 0 aliphatic carbocycles. The van der Waals surface area contributed by atoms with E-state index in [4.69, 9.17) is 14.2 Å². The van der Waals surface area contributed by atoms with E-state index in [1.165, 1.54) is 6.07 Å². The van der Waals surface area contributed by atoms with E-state index in [0.29, 0.717) is 53.1 Å². The second kappa shape index (κ2) is 14.0. The molecule has 0 aliphatic heterocycles. The summed E-state index contributed by atoms with van der Waals surface area (Å²) >= 11 is 0. The van der Waals surface area contributed by atoms with E-state index in [9.17, 15) is 17.6 Å². The van der Waals surface area contributed by atoms with E-state index in [0.717, 1.165) is 23.5 Å². The zero-order valence-electron chi connectivity index (χ0n) is 25.2. The molecule has 2 heterocycles. The number of nitrogens with zero attached hydrogens (tertiary/aromatic N) is 3. The van der Waals surface area contributed by atoms with Crippen LogP contribution >= 0.6 is 0 Å². The molecule has 2 aromatic carbocycles. The Kier molecular flexibility index (Phi) is 10.4. The smallest absolute Gasteiger partial charge is 0.269 e. The Bertz CT molecular complexity index is 1700. The molecule has 230 valence electrons. The number of aryl methyl sites for hydroxylation is 3. The fraction of sp³-hybridized carbons (Fsp3) is 0.387. The molecule has 0 bridgehead atoms. The molecule has 43 heavy (non-hydrogen) atoms. The lowest BCUT2D eigenvalue weighted by Crippen LogP contribution is -2.24. The lowest BCUT2D eigenvalue weighted by Gasteiger charge is -2.17. The van der Waals surface area contributed by atoms with Gasteiger partial charge in [0.05, 0.1) is 23.8 Å². The van der Waals surface area contributed by atoms with Gasteiger partial charge in [-0.25, -0.2) is 17.8 Å². The summed E-state index contributed by atoms with van der Waals surface area (Å²) in [6, 6.07) is 12.3. The first-order valence-electron chi connectivity index (χ1n) is 14.3. The van der Waals surface area contributed by atoms with Crippen molar-refractivity contribution in [3.05, 3.63) is 82.1 Å². The molecule has 10 nitrogen and oxygen atoms in total. The summed E-state index contributed by atoms with van der Waals surface area (Å²) in [6.07, 6.45) is 2.18. The molecule has 0 atom stereocenters. The summed E-state index contributed by atoms with van der Waals surface area (Å²) in [5, 5.41) is 6.57. The fourth-order valence-electron chi connectivity index (χ4n) is 4.92. The zero-order chi connectivity index (χ0) is 31.1. The van der Waals surface area contributed by atoms with Gasteiger partial charge in [-0.1, -0.05) is 55.4 Å². The van der Waals surface area contributed by atoms with E-state index < -0.39 is 16.7 Å². The van der Waals surface area contributed by atoms with Gasteiger partial charge in [0, 0.05) is 31.1 Å². The first kappa shape index (κ1) is 31.9. The first-order valence-corrected chi connectivity index (χ1v) is 15.7. The third-order valence-electron chi connectivity index (χ3n) is 7.21. The first-order chi connectivity index (χ1) is 20.6. The van der Waals surface area contributed by atoms with Crippen LogP contribution in [0.4, 0.5) is 10.2 Å². The Labute approximate surface area is 251 Å². The summed E-state index contributed by atoms with van der Waals surface area (Å²) in [7, 11) is -2.47. The molecule has 0 radical (unpaired) electrons. The van der Waals surface area contributed by atoms with E-state index in [1.807, 2.05) is 29.7 Å². The Hall–Kier alpha value is -4.03. The van der Waals surface area contributed by atoms with Crippen molar-refractivity contribution in [2.75, 3.05) is 25.1 Å². The van der Waals surface area contributed by atoms with Crippen LogP contribution in [0.25, 0.3) is 11.1 Å². The maximum atomic E-state index is 13.6. The minimum atomic E-state index is -4.06. The molecule has 0 aliphatic rings. The molecule has 12 heteroatoms. The predicted molar refractivity (Wildman–Crippen MR) is 162 cm³/mol. The van der Waals surface area contributed by atoms with E-state index in [1.54, 1.807) is 39.1 Å². The number of carbonyl (C=O) groups excluding carboxylic acids is 1. The minimum Gasteiger partial charge on any atom is -0.374 e. The minimum absolute atomic E-state index is 0.0453. The Morgan fingerprint density at radius 3 is 2.53 bits per heavy atom. The molecule has 2 aromatic heterocycles. The van der Waals surface area contributed by atoms with Gasteiger partial charge < -0.3 is 19.1 Å². The summed E-state index contributed by atoms with van der Waals surface area (Å²) in [6.45, 7) is 7.14. The molecule has 4 aromatic rings. The molecule has 0 unspecified atom stereocenters. The highest BCUT2D eigenvalue weighted by Gasteiger charge is 2.25. The van der Waals surface area contributed by atoms with E-state index in [-0.39, 0.29) is 29.8 Å². The maximum absolute atomic E-state index is 13.6. The van der Waals surface area contributed by atoms with Crippen LogP contribution in [0.2, 0.25) is 0 Å². The van der Waals surface area contributed by atoms with Gasteiger partial charge in [-0.3, -0.25) is 9.52 Å². The van der Waals surface area contributed by atoms with Crippen LogP contribution in [0.3, 0.4) is 0 Å². The van der Waals surface area contributed by atoms with Crippen molar-refractivity contribution < 1.29 is 26.9 Å². The highest BCUT2D eigenvalue weighted by atomic mass is 32.2. The number of hydrogen-bond acceptors (Lipinski definition) is 7. The fourth-order valence-corrected chi connectivity index (χ4v) is 6.20. The van der Waals surface area contributed by atoms with Gasteiger partial charge in [0.1, 0.15) is 24.0 Å². The molecule has 1 amide bonds. The largest absolute Gasteiger partial charge is 0.374 e. The van der Waals surface area contributed by atoms with Gasteiger partial charge in [0.25, 0.3) is 15.9 Å². The Balaban J connectivity index is 1.79. The summed E-state index contributed by atoms with van der Waals surface area (Å²) in [4.78, 5) is 17.7. The molecule has 2 N–H and O–H groups in total. The SMILES string of the molecule is CCCc1nc(CC)c(C(=O)NC)n1Cc1ccc(-c2ccccc2S(=O)(=O)Nc2noc(C)c2C)c(COCCF)c1. The summed E-state index contributed by atoms with van der Waals surface area (Å²) < 4.78 is 55.3. The zero-order valence-corrected chi connectivity index (χ0v) is 26.0. The number of halogens is 1. The molecule has 0 spiro atoms. The van der Waals surface area contributed by atoms with E-state index >= 15 is 0 Å². The lowest BCUT2D eigenvalue weighted by molar-refractivity contribution is 0.0953. The maximum Gasteiger partial charge on any atom is 0.269 e. The van der Waals surface area contributed by atoms with E-state index in [2.05, 4.69) is 22.1 Å². The highest BCUT2D eigenvalue weighted by molar-refractivity contribution is 7.92. The van der Waals surface area contributed by atoms with Crippen LogP contribution in [-0.2, 0) is 40.8 Å². The molecule has 0 saturated carbocycles. The second-order valence-corrected chi connectivity index (χ2v) is 11.8. The summed E-state index contributed by atoms with van der Waals surface area (Å²) in [5.41, 5.74) is 4.45. The number of ether oxygens (including phenoxy) is 1. The molecule has 0 saturated heterocycles. The number of alkyl halides is 1. The number of hydrogen-bond donors (Lipinski definition) is 2. The number of sulfonamides is 1. The highest BCUT2D eigenvalue weighted by Crippen LogP contribution is 2.33. The number of nitrogens with one attached hydrogen (secondary N) is 2. The van der Waals surface area contributed by atoms with Crippen molar-refractivity contribution in [2.24, 2.45) is 0 Å². The van der Waals surface area contributed by atoms with Crippen molar-refractivity contribution in [3.63, 3.8) is 0 Å². The predicted octanol–water partition coefficient (Wildman–Crippen LogP) is 5.36. The van der Waals surface area contributed by atoms with Gasteiger partial charge in [0.2, 0.25) is 0 Å². The molecule has 4 rings (SSSR count). The van der Waals surface area contributed by atoms with Crippen molar-refractivity contribution in [3.8, 4) is 11.1 Å². The average molecular weight is 612 g/mol. The quantitative estimate of drug-likeness (QED) is 0.184. The molecular formula is C31H38FN5O5S. The van der Waals surface area contributed by atoms with Crippen LogP contribution in [0, 0.1) is 13.8 Å². The lowest BCUT2D eigenvalue weighted by atomic mass is 9.97. The number of anilines is 1. The standard InChI is InChI=1S/C31H38FN5O5S/c1-6-10-28-34-26(7-2)29(31(38)33-5)37(28)18-22-13-14-24(23(17-22)19-41-16-15-32)25-11-8-9-12-27(25)43(39,40)36-30-20(3)21(4)42-35-30/h8-9,11-14,17H,6-7,10,15-16,18-19H2,1-5H3,(H,33,38)(H,35,36). The van der Waals surface area contributed by atoms with Gasteiger partial charge in [-0.15, -0.1) is 0 Å². The number of aromatic nitrogens is 3.